The number of halogens is 3. The lowest BCUT2D eigenvalue weighted by atomic mass is 10.3. The maximum atomic E-state index is 11.8. The summed E-state index contributed by atoms with van der Waals surface area (Å²) in [7, 11) is -4.01. The fraction of sp³-hybridized carbons (Fsp3) is 0.143. The van der Waals surface area contributed by atoms with Crippen LogP contribution in [0.25, 0.3) is 0 Å². The number of hydrogen-bond acceptors (Lipinski definition) is 4. The summed E-state index contributed by atoms with van der Waals surface area (Å²) in [5.74, 6) is -0.565. The lowest BCUT2D eigenvalue weighted by molar-refractivity contribution is -0.274. The zero-order valence-electron chi connectivity index (χ0n) is 7.52. The molecule has 0 saturated heterocycles. The van der Waals surface area contributed by atoms with E-state index in [0.29, 0.717) is 0 Å². The number of benzene rings is 1. The molecule has 16 heavy (non-hydrogen) atoms. The lowest BCUT2D eigenvalue weighted by Crippen LogP contribution is -2.17. The van der Waals surface area contributed by atoms with Gasteiger partial charge in [0, 0.05) is 4.90 Å². The Kier molecular flexibility index (Phi) is 3.41. The van der Waals surface area contributed by atoms with Crippen molar-refractivity contribution in [3.8, 4) is 5.75 Å². The molecular weight excluding hydrogens is 267 g/mol. The molecule has 4 nitrogen and oxygen atoms in total. The first-order chi connectivity index (χ1) is 7.09. The largest absolute Gasteiger partial charge is 0.573 e. The van der Waals surface area contributed by atoms with Crippen LogP contribution in [0.4, 0.5) is 13.2 Å². The van der Waals surface area contributed by atoms with Crippen molar-refractivity contribution < 1.29 is 26.3 Å². The quantitative estimate of drug-likeness (QED) is 0.803. The van der Waals surface area contributed by atoms with Gasteiger partial charge >= 0.3 is 6.36 Å². The van der Waals surface area contributed by atoms with Gasteiger partial charge in [-0.25, -0.2) is 13.6 Å². The number of alkyl halides is 3. The van der Waals surface area contributed by atoms with Crippen molar-refractivity contribution in [1.29, 1.82) is 0 Å². The normalized spacial score (nSPS) is 12.6. The highest BCUT2D eigenvalue weighted by Gasteiger charge is 2.31. The second-order valence-electron chi connectivity index (χ2n) is 2.72. The first-order valence-electron chi connectivity index (χ1n) is 3.71. The number of hydrogen-bond donors (Lipinski definition) is 2. The van der Waals surface area contributed by atoms with Crippen LogP contribution < -0.4 is 9.88 Å². The van der Waals surface area contributed by atoms with Crippen LogP contribution in [0.1, 0.15) is 0 Å². The molecule has 0 atom stereocenters. The minimum Gasteiger partial charge on any atom is -0.406 e. The molecule has 0 unspecified atom stereocenters. The topological polar surface area (TPSA) is 69.4 Å². The van der Waals surface area contributed by atoms with E-state index < -0.39 is 22.1 Å². The van der Waals surface area contributed by atoms with E-state index in [4.69, 9.17) is 5.14 Å². The maximum absolute atomic E-state index is 11.8. The summed E-state index contributed by atoms with van der Waals surface area (Å²) < 4.78 is 60.9. The molecule has 9 heteroatoms. The van der Waals surface area contributed by atoms with Gasteiger partial charge in [0.2, 0.25) is 10.0 Å². The number of ether oxygens (including phenoxy) is 1. The minimum atomic E-state index is -4.84. The van der Waals surface area contributed by atoms with Crippen LogP contribution in [0.15, 0.2) is 28.0 Å². The molecule has 0 heterocycles. The van der Waals surface area contributed by atoms with E-state index in [1.54, 1.807) is 0 Å². The number of nitrogens with two attached hydrogens (primary N) is 1. The van der Waals surface area contributed by atoms with Crippen molar-refractivity contribution >= 4 is 22.7 Å². The summed E-state index contributed by atoms with van der Waals surface area (Å²) in [6, 6.07) is 2.54. The lowest BCUT2D eigenvalue weighted by Gasteiger charge is -2.10. The summed E-state index contributed by atoms with van der Waals surface area (Å²) in [6.07, 6.45) is -4.84. The third-order valence-corrected chi connectivity index (χ3v) is 2.96. The zero-order valence-corrected chi connectivity index (χ0v) is 9.23. The Labute approximate surface area is 94.7 Å². The molecule has 1 aromatic carbocycles. The van der Waals surface area contributed by atoms with Gasteiger partial charge in [-0.15, -0.1) is 25.8 Å². The Bertz CT molecular complexity index is 498. The molecule has 1 rings (SSSR count). The molecule has 0 bridgehead atoms. The first-order valence-corrected chi connectivity index (χ1v) is 5.70. The third kappa shape index (κ3) is 3.58. The Hall–Kier alpha value is -0.930. The van der Waals surface area contributed by atoms with Crippen molar-refractivity contribution in [2.24, 2.45) is 5.14 Å². The van der Waals surface area contributed by atoms with E-state index in [0.717, 1.165) is 18.2 Å². The molecule has 0 aromatic heterocycles. The molecule has 0 aliphatic heterocycles. The monoisotopic (exact) mass is 273 g/mol. The van der Waals surface area contributed by atoms with E-state index >= 15 is 0 Å². The summed E-state index contributed by atoms with van der Waals surface area (Å²) in [4.78, 5) is -0.588. The van der Waals surface area contributed by atoms with Crippen LogP contribution in [-0.2, 0) is 10.0 Å². The van der Waals surface area contributed by atoms with Crippen molar-refractivity contribution in [2.75, 3.05) is 0 Å². The average molecular weight is 273 g/mol. The molecule has 0 saturated carbocycles. The SMILES string of the molecule is NS(=O)(=O)c1ccc(OC(F)(F)F)cc1S. The summed E-state index contributed by atoms with van der Waals surface area (Å²) in [5, 5.41) is 4.80. The zero-order chi connectivity index (χ0) is 12.6. The van der Waals surface area contributed by atoms with E-state index in [1.165, 1.54) is 0 Å². The van der Waals surface area contributed by atoms with Gasteiger partial charge in [-0.3, -0.25) is 0 Å². The van der Waals surface area contributed by atoms with Gasteiger partial charge < -0.3 is 4.74 Å². The maximum Gasteiger partial charge on any atom is 0.573 e. The second-order valence-corrected chi connectivity index (χ2v) is 4.73. The van der Waals surface area contributed by atoms with Crippen molar-refractivity contribution in [1.82, 2.24) is 0 Å². The Morgan fingerprint density at radius 1 is 1.31 bits per heavy atom. The summed E-state index contributed by atoms with van der Waals surface area (Å²) >= 11 is 3.70. The van der Waals surface area contributed by atoms with Crippen molar-refractivity contribution in [3.63, 3.8) is 0 Å². The molecule has 0 spiro atoms. The Morgan fingerprint density at radius 3 is 2.25 bits per heavy atom. The van der Waals surface area contributed by atoms with Crippen LogP contribution in [0.2, 0.25) is 0 Å². The molecule has 0 radical (unpaired) electrons. The van der Waals surface area contributed by atoms with E-state index in [-0.39, 0.29) is 9.79 Å². The van der Waals surface area contributed by atoms with E-state index in [2.05, 4.69) is 17.4 Å². The fourth-order valence-corrected chi connectivity index (χ4v) is 2.13. The highest BCUT2D eigenvalue weighted by Crippen LogP contribution is 2.28. The van der Waals surface area contributed by atoms with Crippen LogP contribution in [0.5, 0.6) is 5.75 Å². The van der Waals surface area contributed by atoms with Crippen LogP contribution in [-0.4, -0.2) is 14.8 Å². The Morgan fingerprint density at radius 2 is 1.88 bits per heavy atom. The van der Waals surface area contributed by atoms with Crippen LogP contribution in [0, 0.1) is 0 Å². The summed E-state index contributed by atoms with van der Waals surface area (Å²) in [5.41, 5.74) is 0. The molecule has 2 N–H and O–H groups in total. The van der Waals surface area contributed by atoms with Crippen LogP contribution in [0.3, 0.4) is 0 Å². The second kappa shape index (κ2) is 4.15. The number of rotatable bonds is 2. The predicted molar refractivity (Wildman–Crippen MR) is 51.8 cm³/mol. The van der Waals surface area contributed by atoms with Gasteiger partial charge in [-0.1, -0.05) is 0 Å². The number of primary sulfonamides is 1. The fourth-order valence-electron chi connectivity index (χ4n) is 0.935. The van der Waals surface area contributed by atoms with Gasteiger partial charge in [0.15, 0.2) is 0 Å². The van der Waals surface area contributed by atoms with Gasteiger partial charge in [-0.2, -0.15) is 0 Å². The first kappa shape index (κ1) is 13.1. The molecule has 0 fully saturated rings. The average Bonchev–Trinajstić information content (AvgIpc) is 1.97. The van der Waals surface area contributed by atoms with Crippen molar-refractivity contribution in [3.05, 3.63) is 18.2 Å². The van der Waals surface area contributed by atoms with Crippen molar-refractivity contribution in [2.45, 2.75) is 16.2 Å². The molecule has 0 aliphatic rings. The number of sulfonamides is 1. The summed E-state index contributed by atoms with van der Waals surface area (Å²) in [6.45, 7) is 0. The molecule has 1 aromatic rings. The number of thiol groups is 1. The van der Waals surface area contributed by atoms with Gasteiger partial charge in [0.25, 0.3) is 0 Å². The highest BCUT2D eigenvalue weighted by atomic mass is 32.2. The molecule has 0 amide bonds. The molecular formula is C7H6F3NO3S2. The van der Waals surface area contributed by atoms with Gasteiger partial charge in [0.05, 0.1) is 4.90 Å². The molecule has 0 aliphatic carbocycles. The van der Waals surface area contributed by atoms with Gasteiger partial charge in [-0.05, 0) is 18.2 Å². The van der Waals surface area contributed by atoms with E-state index in [9.17, 15) is 21.6 Å². The standard InChI is InChI=1S/C7H6F3NO3S2/c8-7(9,10)14-4-1-2-6(5(15)3-4)16(11,12)13/h1-3,15H,(H2,11,12,13). The third-order valence-electron chi connectivity index (χ3n) is 1.47. The predicted octanol–water partition coefficient (Wildman–Crippen LogP) is 1.52. The molecule has 90 valence electrons. The Balaban J connectivity index is 3.10. The van der Waals surface area contributed by atoms with Crippen LogP contribution >= 0.6 is 12.6 Å². The smallest absolute Gasteiger partial charge is 0.406 e. The highest BCUT2D eigenvalue weighted by molar-refractivity contribution is 7.90. The minimum absolute atomic E-state index is 0.218. The van der Waals surface area contributed by atoms with E-state index in [1.807, 2.05) is 0 Å². The van der Waals surface area contributed by atoms with Gasteiger partial charge in [0.1, 0.15) is 5.75 Å².